The van der Waals surface area contributed by atoms with Crippen molar-refractivity contribution >= 4 is 11.6 Å². The molecule has 0 saturated carbocycles. The van der Waals surface area contributed by atoms with Gasteiger partial charge in [-0.3, -0.25) is 0 Å². The molecule has 1 heterocycles. The summed E-state index contributed by atoms with van der Waals surface area (Å²) < 4.78 is 5.15. The van der Waals surface area contributed by atoms with Gasteiger partial charge in [-0.25, -0.2) is 0 Å². The molecule has 0 aliphatic heterocycles. The summed E-state index contributed by atoms with van der Waals surface area (Å²) in [6.45, 7) is 5.22. The van der Waals surface area contributed by atoms with Crippen LogP contribution < -0.4 is 5.32 Å². The van der Waals surface area contributed by atoms with Gasteiger partial charge in [-0.2, -0.15) is 0 Å². The highest BCUT2D eigenvalue weighted by Gasteiger charge is 2.16. The van der Waals surface area contributed by atoms with E-state index < -0.39 is 0 Å². The second kappa shape index (κ2) is 6.78. The molecule has 0 saturated heterocycles. The summed E-state index contributed by atoms with van der Waals surface area (Å²) in [7, 11) is 0. The van der Waals surface area contributed by atoms with E-state index in [1.54, 1.807) is 12.5 Å². The van der Waals surface area contributed by atoms with Crippen molar-refractivity contribution in [3.8, 4) is 0 Å². The van der Waals surface area contributed by atoms with Crippen LogP contribution in [0.15, 0.2) is 47.3 Å². The zero-order valence-corrected chi connectivity index (χ0v) is 12.2. The fourth-order valence-corrected chi connectivity index (χ4v) is 2.46. The van der Waals surface area contributed by atoms with Gasteiger partial charge in [0.2, 0.25) is 0 Å². The number of rotatable bonds is 6. The first-order valence-corrected chi connectivity index (χ1v) is 7.03. The first-order chi connectivity index (χ1) is 9.16. The van der Waals surface area contributed by atoms with Crippen molar-refractivity contribution < 1.29 is 4.42 Å². The lowest BCUT2D eigenvalue weighted by Crippen LogP contribution is -2.29. The Labute approximate surface area is 119 Å². The number of benzene rings is 1. The van der Waals surface area contributed by atoms with Gasteiger partial charge in [0.1, 0.15) is 0 Å². The van der Waals surface area contributed by atoms with Crippen LogP contribution in [0, 0.1) is 0 Å². The quantitative estimate of drug-likeness (QED) is 0.854. The third kappa shape index (κ3) is 4.12. The molecule has 102 valence electrons. The molecule has 2 rings (SSSR count). The van der Waals surface area contributed by atoms with Crippen molar-refractivity contribution in [3.05, 3.63) is 59.0 Å². The first kappa shape index (κ1) is 14.2. The highest BCUT2D eigenvalue weighted by atomic mass is 35.5. The average molecular weight is 278 g/mol. The Morgan fingerprint density at radius 2 is 2.00 bits per heavy atom. The Morgan fingerprint density at radius 3 is 2.63 bits per heavy atom. The van der Waals surface area contributed by atoms with Gasteiger partial charge in [0, 0.05) is 23.5 Å². The van der Waals surface area contributed by atoms with Gasteiger partial charge >= 0.3 is 0 Å². The lowest BCUT2D eigenvalue weighted by Gasteiger charge is -2.20. The maximum atomic E-state index is 6.32. The van der Waals surface area contributed by atoms with Crippen LogP contribution in [0.1, 0.15) is 30.9 Å². The van der Waals surface area contributed by atoms with E-state index in [1.807, 2.05) is 24.3 Å². The van der Waals surface area contributed by atoms with Gasteiger partial charge in [-0.15, -0.1) is 0 Å². The molecule has 0 spiro atoms. The minimum absolute atomic E-state index is 0.355. The van der Waals surface area contributed by atoms with Gasteiger partial charge in [-0.05, 0) is 29.7 Å². The molecule has 0 aliphatic rings. The molecular formula is C16H20ClNO. The first-order valence-electron chi connectivity index (χ1n) is 6.65. The lowest BCUT2D eigenvalue weighted by molar-refractivity contribution is 0.522. The molecule has 2 nitrogen and oxygen atoms in total. The molecule has 19 heavy (non-hydrogen) atoms. The second-order valence-electron chi connectivity index (χ2n) is 5.12. The second-order valence-corrected chi connectivity index (χ2v) is 5.52. The minimum Gasteiger partial charge on any atom is -0.472 e. The predicted molar refractivity (Wildman–Crippen MR) is 79.7 cm³/mol. The summed E-state index contributed by atoms with van der Waals surface area (Å²) in [5.74, 6) is 0.355. The molecule has 0 bridgehead atoms. The zero-order valence-electron chi connectivity index (χ0n) is 11.4. The van der Waals surface area contributed by atoms with Gasteiger partial charge in [0.05, 0.1) is 12.5 Å². The lowest BCUT2D eigenvalue weighted by atomic mass is 9.92. The fourth-order valence-electron chi connectivity index (χ4n) is 2.17. The third-order valence-electron chi connectivity index (χ3n) is 3.18. The Morgan fingerprint density at radius 1 is 1.21 bits per heavy atom. The van der Waals surface area contributed by atoms with E-state index in [4.69, 9.17) is 16.0 Å². The molecule has 3 heteroatoms. The van der Waals surface area contributed by atoms with Crippen LogP contribution in [0.2, 0.25) is 5.02 Å². The number of furan rings is 1. The van der Waals surface area contributed by atoms with E-state index in [9.17, 15) is 0 Å². The highest BCUT2D eigenvalue weighted by molar-refractivity contribution is 6.31. The molecule has 1 unspecified atom stereocenters. The van der Waals surface area contributed by atoms with Crippen molar-refractivity contribution in [2.75, 3.05) is 6.54 Å². The van der Waals surface area contributed by atoms with Gasteiger partial charge < -0.3 is 9.73 Å². The van der Waals surface area contributed by atoms with Crippen LogP contribution in [0.25, 0.3) is 0 Å². The summed E-state index contributed by atoms with van der Waals surface area (Å²) in [6.07, 6.45) is 4.45. The summed E-state index contributed by atoms with van der Waals surface area (Å²) in [5, 5.41) is 4.33. The zero-order chi connectivity index (χ0) is 13.7. The number of halogens is 1. The van der Waals surface area contributed by atoms with Crippen LogP contribution in [-0.4, -0.2) is 12.6 Å². The van der Waals surface area contributed by atoms with Crippen LogP contribution in [-0.2, 0) is 6.42 Å². The number of hydrogen-bond donors (Lipinski definition) is 1. The summed E-state index contributed by atoms with van der Waals surface area (Å²) in [4.78, 5) is 0. The van der Waals surface area contributed by atoms with E-state index in [0.717, 1.165) is 18.0 Å². The molecule has 2 aromatic rings. The summed E-state index contributed by atoms with van der Waals surface area (Å²) in [5.41, 5.74) is 2.40. The summed E-state index contributed by atoms with van der Waals surface area (Å²) in [6, 6.07) is 10.5. The monoisotopic (exact) mass is 277 g/mol. The Hall–Kier alpha value is -1.25. The maximum absolute atomic E-state index is 6.32. The molecule has 0 aliphatic carbocycles. The normalized spacial score (nSPS) is 12.8. The topological polar surface area (TPSA) is 25.2 Å². The molecule has 1 aromatic carbocycles. The van der Waals surface area contributed by atoms with Crippen molar-refractivity contribution in [1.29, 1.82) is 0 Å². The van der Waals surface area contributed by atoms with Gasteiger partial charge in [0.15, 0.2) is 0 Å². The molecule has 1 aromatic heterocycles. The SMILES string of the molecule is CC(C)NCC(Cc1ccoc1)c1ccccc1Cl. The largest absolute Gasteiger partial charge is 0.472 e. The van der Waals surface area contributed by atoms with Gasteiger partial charge in [0.25, 0.3) is 0 Å². The van der Waals surface area contributed by atoms with Crippen molar-refractivity contribution in [2.45, 2.75) is 32.2 Å². The van der Waals surface area contributed by atoms with E-state index in [-0.39, 0.29) is 0 Å². The third-order valence-corrected chi connectivity index (χ3v) is 3.52. The number of nitrogens with one attached hydrogen (secondary N) is 1. The minimum atomic E-state index is 0.355. The van der Waals surface area contributed by atoms with Crippen molar-refractivity contribution in [1.82, 2.24) is 5.32 Å². The van der Waals surface area contributed by atoms with Crippen LogP contribution in [0.4, 0.5) is 0 Å². The molecular weight excluding hydrogens is 258 g/mol. The highest BCUT2D eigenvalue weighted by Crippen LogP contribution is 2.27. The van der Waals surface area contributed by atoms with Crippen LogP contribution in [0.3, 0.4) is 0 Å². The van der Waals surface area contributed by atoms with E-state index in [1.165, 1.54) is 11.1 Å². The van der Waals surface area contributed by atoms with E-state index >= 15 is 0 Å². The smallest absolute Gasteiger partial charge is 0.0934 e. The molecule has 0 amide bonds. The Kier molecular flexibility index (Phi) is 5.06. The molecule has 0 fully saturated rings. The molecule has 1 atom stereocenters. The van der Waals surface area contributed by atoms with Gasteiger partial charge in [-0.1, -0.05) is 43.6 Å². The standard InChI is InChI=1S/C16H20ClNO/c1-12(2)18-10-14(9-13-7-8-19-11-13)15-5-3-4-6-16(15)17/h3-8,11-12,14,18H,9-10H2,1-2H3. The number of hydrogen-bond acceptors (Lipinski definition) is 2. The Balaban J connectivity index is 2.16. The van der Waals surface area contributed by atoms with E-state index in [2.05, 4.69) is 25.2 Å². The van der Waals surface area contributed by atoms with Crippen molar-refractivity contribution in [3.63, 3.8) is 0 Å². The predicted octanol–water partition coefficient (Wildman–Crippen LogP) is 4.26. The van der Waals surface area contributed by atoms with Crippen LogP contribution >= 0.6 is 11.6 Å². The maximum Gasteiger partial charge on any atom is 0.0934 e. The molecule has 1 N–H and O–H groups in total. The van der Waals surface area contributed by atoms with Crippen molar-refractivity contribution in [2.24, 2.45) is 0 Å². The average Bonchev–Trinajstić information content (AvgIpc) is 2.88. The van der Waals surface area contributed by atoms with Crippen LogP contribution in [0.5, 0.6) is 0 Å². The fraction of sp³-hybridized carbons (Fsp3) is 0.375. The van der Waals surface area contributed by atoms with E-state index in [0.29, 0.717) is 12.0 Å². The summed E-state index contributed by atoms with van der Waals surface area (Å²) >= 11 is 6.32. The molecule has 0 radical (unpaired) electrons. The Bertz CT molecular complexity index is 493.